The quantitative estimate of drug-likeness (QED) is 0.632. The first-order valence-corrected chi connectivity index (χ1v) is 8.73. The highest BCUT2D eigenvalue weighted by Gasteiger charge is 2.34. The van der Waals surface area contributed by atoms with Crippen LogP contribution in [0.5, 0.6) is 0 Å². The molecule has 0 unspecified atom stereocenters. The number of nitrogens with one attached hydrogen (secondary N) is 3. The van der Waals surface area contributed by atoms with Gasteiger partial charge in [-0.05, 0) is 56.8 Å². The highest BCUT2D eigenvalue weighted by molar-refractivity contribution is 6.04. The number of amides is 1. The van der Waals surface area contributed by atoms with Crippen LogP contribution in [0.15, 0.2) is 23.5 Å². The second-order valence-corrected chi connectivity index (χ2v) is 7.01. The molecule has 2 fully saturated rings. The number of fused-ring (bicyclic) bond motifs is 1. The molecule has 0 atom stereocenters. The van der Waals surface area contributed by atoms with Crippen LogP contribution in [0, 0.1) is 17.1 Å². The normalized spacial score (nSPS) is 22.8. The molecule has 5 N–H and O–H groups in total. The molecule has 0 spiro atoms. The number of hydrogen-bond acceptors (Lipinski definition) is 5. The zero-order valence-electron chi connectivity index (χ0n) is 13.9. The molecule has 4 rings (SSSR count). The third-order valence-corrected chi connectivity index (χ3v) is 5.36. The topological polar surface area (TPSA) is 94.2 Å². The van der Waals surface area contributed by atoms with Gasteiger partial charge in [-0.1, -0.05) is 0 Å². The predicted octanol–water partition coefficient (Wildman–Crippen LogP) is 2.50. The van der Waals surface area contributed by atoms with Crippen LogP contribution < -0.4 is 16.4 Å². The average molecular weight is 343 g/mol. The number of allylic oxidation sites excluding steroid dienone is 1. The fraction of sp³-hybridized carbons (Fsp3) is 0.444. The SMILES string of the molecule is N=C/C(=C1/Nc2cc(F)cc(C(N)=O)c2N1)C1CCN(C2CC2)CC1. The van der Waals surface area contributed by atoms with Crippen LogP contribution in [-0.4, -0.2) is 36.2 Å². The number of rotatable bonds is 4. The Hall–Kier alpha value is -2.41. The lowest BCUT2D eigenvalue weighted by atomic mass is 9.89. The van der Waals surface area contributed by atoms with Gasteiger partial charge in [-0.25, -0.2) is 4.39 Å². The second kappa shape index (κ2) is 6.15. The van der Waals surface area contributed by atoms with Crippen LogP contribution in [0.4, 0.5) is 15.8 Å². The average Bonchev–Trinajstić information content (AvgIpc) is 3.36. The molecular weight excluding hydrogens is 321 g/mol. The van der Waals surface area contributed by atoms with Gasteiger partial charge in [0, 0.05) is 17.8 Å². The summed E-state index contributed by atoms with van der Waals surface area (Å²) >= 11 is 0. The fourth-order valence-corrected chi connectivity index (χ4v) is 3.88. The number of primary amides is 1. The van der Waals surface area contributed by atoms with E-state index in [0.717, 1.165) is 43.6 Å². The first-order chi connectivity index (χ1) is 12.1. The first kappa shape index (κ1) is 16.1. The van der Waals surface area contributed by atoms with Crippen LogP contribution in [0.3, 0.4) is 0 Å². The molecule has 1 aliphatic carbocycles. The number of likely N-dealkylation sites (tertiary alicyclic amines) is 1. The van der Waals surface area contributed by atoms with E-state index in [0.29, 0.717) is 17.2 Å². The third kappa shape index (κ3) is 3.00. The molecule has 2 aliphatic heterocycles. The molecule has 7 heteroatoms. The van der Waals surface area contributed by atoms with Crippen molar-refractivity contribution in [3.8, 4) is 0 Å². The van der Waals surface area contributed by atoms with Gasteiger partial charge in [0.2, 0.25) is 0 Å². The lowest BCUT2D eigenvalue weighted by Gasteiger charge is -2.32. The van der Waals surface area contributed by atoms with E-state index in [1.165, 1.54) is 25.1 Å². The van der Waals surface area contributed by atoms with Crippen molar-refractivity contribution in [1.82, 2.24) is 4.90 Å². The molecule has 6 nitrogen and oxygen atoms in total. The van der Waals surface area contributed by atoms with Crippen molar-refractivity contribution in [2.75, 3.05) is 23.7 Å². The zero-order valence-corrected chi connectivity index (χ0v) is 13.9. The number of nitrogens with two attached hydrogens (primary N) is 1. The summed E-state index contributed by atoms with van der Waals surface area (Å²) in [5, 5.41) is 14.1. The molecule has 1 amide bonds. The van der Waals surface area contributed by atoms with Crippen molar-refractivity contribution in [2.24, 2.45) is 11.7 Å². The van der Waals surface area contributed by atoms with E-state index in [-0.39, 0.29) is 11.5 Å². The van der Waals surface area contributed by atoms with Gasteiger partial charge in [0.05, 0.1) is 16.9 Å². The van der Waals surface area contributed by atoms with Crippen LogP contribution in [0.1, 0.15) is 36.0 Å². The minimum Gasteiger partial charge on any atom is -0.366 e. The summed E-state index contributed by atoms with van der Waals surface area (Å²) in [7, 11) is 0. The minimum atomic E-state index is -0.680. The summed E-state index contributed by atoms with van der Waals surface area (Å²) in [6, 6.07) is 3.24. The number of carbonyl (C=O) groups excluding carboxylic acids is 1. The van der Waals surface area contributed by atoms with Crippen LogP contribution in [-0.2, 0) is 0 Å². The summed E-state index contributed by atoms with van der Waals surface area (Å²) in [4.78, 5) is 14.1. The number of anilines is 2. The predicted molar refractivity (Wildman–Crippen MR) is 95.3 cm³/mol. The zero-order chi connectivity index (χ0) is 17.6. The van der Waals surface area contributed by atoms with E-state index in [1.54, 1.807) is 0 Å². The standard InChI is InChI=1S/C18H22FN5O/c19-11-7-13(17(21)25)16-15(8-11)22-18(23-16)14(9-20)10-3-5-24(6-4-10)12-1-2-12/h7-10,12,20,22-23H,1-6H2,(H2,21,25)/b18-14+,20-9?. The van der Waals surface area contributed by atoms with E-state index in [9.17, 15) is 9.18 Å². The molecule has 1 aromatic carbocycles. The molecular formula is C18H22FN5O. The lowest BCUT2D eigenvalue weighted by Crippen LogP contribution is -2.36. The highest BCUT2D eigenvalue weighted by Crippen LogP contribution is 2.38. The van der Waals surface area contributed by atoms with E-state index in [1.807, 2.05) is 0 Å². The van der Waals surface area contributed by atoms with E-state index in [4.69, 9.17) is 11.1 Å². The van der Waals surface area contributed by atoms with Crippen molar-refractivity contribution in [2.45, 2.75) is 31.7 Å². The Labute approximate surface area is 145 Å². The van der Waals surface area contributed by atoms with Crippen molar-refractivity contribution in [3.05, 3.63) is 34.9 Å². The van der Waals surface area contributed by atoms with Crippen molar-refractivity contribution in [3.63, 3.8) is 0 Å². The van der Waals surface area contributed by atoms with Gasteiger partial charge in [-0.2, -0.15) is 0 Å². The van der Waals surface area contributed by atoms with Gasteiger partial charge in [-0.15, -0.1) is 0 Å². The maximum atomic E-state index is 13.7. The molecule has 0 bridgehead atoms. The summed E-state index contributed by atoms with van der Waals surface area (Å²) in [6.45, 7) is 2.10. The van der Waals surface area contributed by atoms with Gasteiger partial charge in [-0.3, -0.25) is 4.79 Å². The number of nitrogens with zero attached hydrogens (tertiary/aromatic N) is 1. The van der Waals surface area contributed by atoms with E-state index in [2.05, 4.69) is 15.5 Å². The summed E-state index contributed by atoms with van der Waals surface area (Å²) in [6.07, 6.45) is 5.98. The molecule has 1 saturated carbocycles. The summed E-state index contributed by atoms with van der Waals surface area (Å²) < 4.78 is 13.7. The summed E-state index contributed by atoms with van der Waals surface area (Å²) in [5.41, 5.74) is 7.31. The largest absolute Gasteiger partial charge is 0.366 e. The Kier molecular flexibility index (Phi) is 3.95. The van der Waals surface area contributed by atoms with Crippen molar-refractivity contribution >= 4 is 23.5 Å². The number of piperidine rings is 1. The third-order valence-electron chi connectivity index (χ3n) is 5.36. The van der Waals surface area contributed by atoms with E-state index >= 15 is 0 Å². The molecule has 0 aromatic heterocycles. The van der Waals surface area contributed by atoms with Gasteiger partial charge in [0.25, 0.3) is 5.91 Å². The molecule has 0 radical (unpaired) electrons. The van der Waals surface area contributed by atoms with Crippen LogP contribution in [0.2, 0.25) is 0 Å². The maximum Gasteiger partial charge on any atom is 0.250 e. The maximum absolute atomic E-state index is 13.7. The van der Waals surface area contributed by atoms with Crippen molar-refractivity contribution < 1.29 is 9.18 Å². The second-order valence-electron chi connectivity index (χ2n) is 7.01. The molecule has 132 valence electrons. The Morgan fingerprint density at radius 1 is 1.24 bits per heavy atom. The summed E-state index contributed by atoms with van der Waals surface area (Å²) in [5.74, 6) is -0.264. The molecule has 1 saturated heterocycles. The van der Waals surface area contributed by atoms with Gasteiger partial charge in [0.15, 0.2) is 0 Å². The van der Waals surface area contributed by atoms with Crippen LogP contribution in [0.25, 0.3) is 0 Å². The number of halogens is 1. The van der Waals surface area contributed by atoms with Crippen LogP contribution >= 0.6 is 0 Å². The monoisotopic (exact) mass is 343 g/mol. The van der Waals surface area contributed by atoms with Gasteiger partial charge >= 0.3 is 0 Å². The fourth-order valence-electron chi connectivity index (χ4n) is 3.88. The Morgan fingerprint density at radius 3 is 2.56 bits per heavy atom. The number of hydrogen-bond donors (Lipinski definition) is 4. The number of carbonyl (C=O) groups is 1. The van der Waals surface area contributed by atoms with E-state index < -0.39 is 11.7 Å². The first-order valence-electron chi connectivity index (χ1n) is 8.73. The number of benzene rings is 1. The molecule has 25 heavy (non-hydrogen) atoms. The highest BCUT2D eigenvalue weighted by atomic mass is 19.1. The minimum absolute atomic E-state index is 0.116. The van der Waals surface area contributed by atoms with Gasteiger partial charge < -0.3 is 26.7 Å². The molecule has 1 aromatic rings. The molecule has 3 aliphatic rings. The Bertz CT molecular complexity index is 763. The lowest BCUT2D eigenvalue weighted by molar-refractivity contribution is 0.100. The molecule has 2 heterocycles. The van der Waals surface area contributed by atoms with Gasteiger partial charge in [0.1, 0.15) is 11.6 Å². The van der Waals surface area contributed by atoms with Crippen molar-refractivity contribution in [1.29, 1.82) is 5.41 Å². The Balaban J connectivity index is 1.58. The smallest absolute Gasteiger partial charge is 0.250 e. The Morgan fingerprint density at radius 2 is 1.96 bits per heavy atom.